The SMILES string of the molecule is CCCCCSn1cccc1. The van der Waals surface area contributed by atoms with Crippen LogP contribution in [-0.4, -0.2) is 9.73 Å². The molecule has 0 radical (unpaired) electrons. The largest absolute Gasteiger partial charge is 0.299 e. The maximum atomic E-state index is 2.24. The Balaban J connectivity index is 2.04. The van der Waals surface area contributed by atoms with E-state index in [0.29, 0.717) is 0 Å². The van der Waals surface area contributed by atoms with Crippen molar-refractivity contribution in [3.63, 3.8) is 0 Å². The first kappa shape index (κ1) is 8.72. The van der Waals surface area contributed by atoms with Gasteiger partial charge in [-0.2, -0.15) is 0 Å². The van der Waals surface area contributed by atoms with Crippen LogP contribution in [0.3, 0.4) is 0 Å². The van der Waals surface area contributed by atoms with Crippen molar-refractivity contribution < 1.29 is 0 Å². The molecule has 0 bridgehead atoms. The fourth-order valence-electron chi connectivity index (χ4n) is 0.927. The predicted octanol–water partition coefficient (Wildman–Crippen LogP) is 3.17. The van der Waals surface area contributed by atoms with Gasteiger partial charge in [-0.25, -0.2) is 0 Å². The summed E-state index contributed by atoms with van der Waals surface area (Å²) in [5.41, 5.74) is 0. The average Bonchev–Trinajstić information content (AvgIpc) is 2.50. The normalized spacial score (nSPS) is 10.3. The van der Waals surface area contributed by atoms with E-state index in [2.05, 4.69) is 35.4 Å². The molecule has 11 heavy (non-hydrogen) atoms. The van der Waals surface area contributed by atoms with Crippen molar-refractivity contribution in [2.45, 2.75) is 26.2 Å². The Hall–Kier alpha value is -0.370. The molecular weight excluding hydrogens is 154 g/mol. The van der Waals surface area contributed by atoms with Crippen LogP contribution in [0, 0.1) is 0 Å². The second kappa shape index (κ2) is 5.30. The maximum absolute atomic E-state index is 2.24. The van der Waals surface area contributed by atoms with Gasteiger partial charge in [0.1, 0.15) is 0 Å². The van der Waals surface area contributed by atoms with Gasteiger partial charge in [-0.3, -0.25) is 3.97 Å². The second-order valence-electron chi connectivity index (χ2n) is 2.58. The van der Waals surface area contributed by atoms with E-state index >= 15 is 0 Å². The van der Waals surface area contributed by atoms with E-state index in [-0.39, 0.29) is 0 Å². The molecule has 0 N–H and O–H groups in total. The summed E-state index contributed by atoms with van der Waals surface area (Å²) in [6.07, 6.45) is 8.19. The van der Waals surface area contributed by atoms with Gasteiger partial charge in [0.15, 0.2) is 0 Å². The van der Waals surface area contributed by atoms with Crippen molar-refractivity contribution in [2.24, 2.45) is 0 Å². The van der Waals surface area contributed by atoms with Gasteiger partial charge in [0.05, 0.1) is 0 Å². The monoisotopic (exact) mass is 169 g/mol. The zero-order valence-corrected chi connectivity index (χ0v) is 7.81. The lowest BCUT2D eigenvalue weighted by Gasteiger charge is -1.99. The topological polar surface area (TPSA) is 4.93 Å². The molecule has 0 amide bonds. The lowest BCUT2D eigenvalue weighted by Crippen LogP contribution is -1.85. The molecule has 0 spiro atoms. The van der Waals surface area contributed by atoms with E-state index in [1.54, 1.807) is 0 Å². The molecule has 0 aliphatic heterocycles. The summed E-state index contributed by atoms with van der Waals surface area (Å²) in [6.45, 7) is 2.24. The Labute approximate surface area is 72.9 Å². The summed E-state index contributed by atoms with van der Waals surface area (Å²) in [7, 11) is 0. The minimum absolute atomic E-state index is 1.24. The predicted molar refractivity (Wildman–Crippen MR) is 51.8 cm³/mol. The number of nitrogens with zero attached hydrogens (tertiary/aromatic N) is 1. The van der Waals surface area contributed by atoms with Crippen LogP contribution in [0.25, 0.3) is 0 Å². The highest BCUT2D eigenvalue weighted by atomic mass is 32.2. The van der Waals surface area contributed by atoms with E-state index < -0.39 is 0 Å². The van der Waals surface area contributed by atoms with Crippen LogP contribution >= 0.6 is 11.9 Å². The molecule has 0 unspecified atom stereocenters. The smallest absolute Gasteiger partial charge is 0.0156 e. The number of hydrogen-bond acceptors (Lipinski definition) is 1. The van der Waals surface area contributed by atoms with Crippen LogP contribution in [0.1, 0.15) is 26.2 Å². The molecule has 0 aliphatic rings. The fourth-order valence-corrected chi connectivity index (χ4v) is 1.78. The molecule has 0 atom stereocenters. The highest BCUT2D eigenvalue weighted by Gasteiger charge is 1.89. The summed E-state index contributed by atoms with van der Waals surface area (Å²) in [5.74, 6) is 1.24. The molecule has 62 valence electrons. The van der Waals surface area contributed by atoms with Crippen molar-refractivity contribution in [2.75, 3.05) is 5.75 Å². The van der Waals surface area contributed by atoms with Crippen molar-refractivity contribution in [3.05, 3.63) is 24.5 Å². The third-order valence-electron chi connectivity index (χ3n) is 1.57. The van der Waals surface area contributed by atoms with Gasteiger partial charge in [-0.1, -0.05) is 19.8 Å². The summed E-state index contributed by atoms with van der Waals surface area (Å²) in [5, 5.41) is 0. The van der Waals surface area contributed by atoms with Crippen LogP contribution in [0.4, 0.5) is 0 Å². The first-order valence-electron chi connectivity index (χ1n) is 4.19. The number of rotatable bonds is 5. The Morgan fingerprint density at radius 2 is 1.91 bits per heavy atom. The molecule has 1 aromatic rings. The quantitative estimate of drug-likeness (QED) is 0.613. The van der Waals surface area contributed by atoms with Crippen molar-refractivity contribution >= 4 is 11.9 Å². The maximum Gasteiger partial charge on any atom is 0.0156 e. The molecule has 0 aliphatic carbocycles. The standard InChI is InChI=1S/C9H15NS/c1-2-3-6-9-11-10-7-4-5-8-10/h4-5,7-8H,2-3,6,9H2,1H3. The Bertz CT molecular complexity index is 170. The van der Waals surface area contributed by atoms with Crippen molar-refractivity contribution in [1.29, 1.82) is 0 Å². The Morgan fingerprint density at radius 1 is 1.18 bits per heavy atom. The first-order valence-corrected chi connectivity index (χ1v) is 5.14. The Morgan fingerprint density at radius 3 is 2.55 bits per heavy atom. The van der Waals surface area contributed by atoms with Gasteiger partial charge in [-0.15, -0.1) is 0 Å². The third-order valence-corrected chi connectivity index (χ3v) is 2.58. The summed E-state index contributed by atoms with van der Waals surface area (Å²) in [6, 6.07) is 4.12. The summed E-state index contributed by atoms with van der Waals surface area (Å²) >= 11 is 1.88. The molecular formula is C9H15NS. The van der Waals surface area contributed by atoms with Gasteiger partial charge >= 0.3 is 0 Å². The Kier molecular flexibility index (Phi) is 4.21. The average molecular weight is 169 g/mol. The van der Waals surface area contributed by atoms with Gasteiger partial charge in [0.2, 0.25) is 0 Å². The molecule has 0 aromatic carbocycles. The van der Waals surface area contributed by atoms with Crippen LogP contribution in [0.5, 0.6) is 0 Å². The zero-order valence-electron chi connectivity index (χ0n) is 6.99. The van der Waals surface area contributed by atoms with E-state index in [0.717, 1.165) is 0 Å². The van der Waals surface area contributed by atoms with E-state index in [9.17, 15) is 0 Å². The van der Waals surface area contributed by atoms with Crippen LogP contribution < -0.4 is 0 Å². The minimum Gasteiger partial charge on any atom is -0.299 e. The van der Waals surface area contributed by atoms with Gasteiger partial charge < -0.3 is 0 Å². The van der Waals surface area contributed by atoms with Crippen molar-refractivity contribution in [3.8, 4) is 0 Å². The lowest BCUT2D eigenvalue weighted by molar-refractivity contribution is 0.778. The molecule has 0 saturated carbocycles. The molecule has 0 fully saturated rings. The molecule has 0 saturated heterocycles. The molecule has 1 aromatic heterocycles. The van der Waals surface area contributed by atoms with Crippen LogP contribution in [-0.2, 0) is 0 Å². The molecule has 1 heterocycles. The molecule has 1 nitrogen and oxygen atoms in total. The summed E-state index contributed by atoms with van der Waals surface area (Å²) < 4.78 is 2.16. The zero-order chi connectivity index (χ0) is 7.94. The van der Waals surface area contributed by atoms with Gasteiger partial charge in [0, 0.05) is 18.1 Å². The number of unbranched alkanes of at least 4 members (excludes halogenated alkanes) is 2. The van der Waals surface area contributed by atoms with E-state index in [4.69, 9.17) is 0 Å². The fraction of sp³-hybridized carbons (Fsp3) is 0.556. The first-order chi connectivity index (χ1) is 5.43. The van der Waals surface area contributed by atoms with Crippen LogP contribution in [0.2, 0.25) is 0 Å². The highest BCUT2D eigenvalue weighted by Crippen LogP contribution is 2.09. The molecule has 1 rings (SSSR count). The van der Waals surface area contributed by atoms with E-state index in [1.165, 1.54) is 25.0 Å². The minimum atomic E-state index is 1.24. The second-order valence-corrected chi connectivity index (χ2v) is 3.67. The van der Waals surface area contributed by atoms with E-state index in [1.807, 2.05) is 11.9 Å². The highest BCUT2D eigenvalue weighted by molar-refractivity contribution is 7.97. The third kappa shape index (κ3) is 3.51. The number of hydrogen-bond donors (Lipinski definition) is 0. The molecule has 2 heteroatoms. The van der Waals surface area contributed by atoms with Gasteiger partial charge in [0.25, 0.3) is 0 Å². The van der Waals surface area contributed by atoms with Gasteiger partial charge in [-0.05, 0) is 30.5 Å². The van der Waals surface area contributed by atoms with Crippen LogP contribution in [0.15, 0.2) is 24.5 Å². The summed E-state index contributed by atoms with van der Waals surface area (Å²) in [4.78, 5) is 0. The van der Waals surface area contributed by atoms with Crippen molar-refractivity contribution in [1.82, 2.24) is 3.97 Å². The number of aromatic nitrogens is 1. The lowest BCUT2D eigenvalue weighted by atomic mass is 10.3.